The molecule has 6 heteroatoms. The Labute approximate surface area is 111 Å². The van der Waals surface area contributed by atoms with Crippen molar-refractivity contribution in [1.29, 1.82) is 0 Å². The fourth-order valence-electron chi connectivity index (χ4n) is 1.87. The van der Waals surface area contributed by atoms with Crippen LogP contribution in [0, 0.1) is 0 Å². The first-order valence-electron chi connectivity index (χ1n) is 5.36. The van der Waals surface area contributed by atoms with Gasteiger partial charge in [-0.2, -0.15) is 0 Å². The van der Waals surface area contributed by atoms with Crippen molar-refractivity contribution in [2.75, 3.05) is 26.7 Å². The van der Waals surface area contributed by atoms with Crippen molar-refractivity contribution in [3.63, 3.8) is 0 Å². The van der Waals surface area contributed by atoms with Crippen LogP contribution in [0.4, 0.5) is 0 Å². The van der Waals surface area contributed by atoms with Gasteiger partial charge in [0.1, 0.15) is 10.6 Å². The summed E-state index contributed by atoms with van der Waals surface area (Å²) in [5, 5.41) is 5.21. The summed E-state index contributed by atoms with van der Waals surface area (Å²) in [4.78, 5) is 14.8. The maximum absolute atomic E-state index is 12.2. The number of thiophene rings is 1. The summed E-state index contributed by atoms with van der Waals surface area (Å²) >= 11 is 1.44. The van der Waals surface area contributed by atoms with E-state index in [-0.39, 0.29) is 18.3 Å². The largest absolute Gasteiger partial charge is 0.495 e. The lowest BCUT2D eigenvalue weighted by Gasteiger charge is -2.31. The van der Waals surface area contributed by atoms with Gasteiger partial charge in [0.25, 0.3) is 5.91 Å². The second kappa shape index (κ2) is 6.23. The summed E-state index contributed by atoms with van der Waals surface area (Å²) < 4.78 is 5.17. The van der Waals surface area contributed by atoms with Gasteiger partial charge in [0.15, 0.2) is 0 Å². The molecule has 17 heavy (non-hydrogen) atoms. The number of nitrogens with zero attached hydrogens (tertiary/aromatic N) is 1. The molecular formula is C11H17ClN2O2S. The zero-order chi connectivity index (χ0) is 11.5. The summed E-state index contributed by atoms with van der Waals surface area (Å²) in [6.07, 6.45) is 0. The van der Waals surface area contributed by atoms with Crippen molar-refractivity contribution < 1.29 is 9.53 Å². The standard InChI is InChI=1S/C11H16N2O2S.ClH/c1-8-7-13(5-4-12-8)11(14)10-9(15-2)3-6-16-10;/h3,6,8,12H,4-5,7H2,1-2H3;1H/t8-;/m0./s1. The second-order valence-corrected chi connectivity index (χ2v) is 4.84. The first-order chi connectivity index (χ1) is 7.72. The van der Waals surface area contributed by atoms with Gasteiger partial charge in [-0.25, -0.2) is 0 Å². The highest BCUT2D eigenvalue weighted by molar-refractivity contribution is 7.12. The molecule has 4 nitrogen and oxygen atoms in total. The molecule has 1 fully saturated rings. The zero-order valence-corrected chi connectivity index (χ0v) is 11.6. The Morgan fingerprint density at radius 2 is 2.41 bits per heavy atom. The van der Waals surface area contributed by atoms with Crippen molar-refractivity contribution in [3.8, 4) is 5.75 Å². The summed E-state index contributed by atoms with van der Waals surface area (Å²) in [5.41, 5.74) is 0. The van der Waals surface area contributed by atoms with Crippen LogP contribution in [-0.4, -0.2) is 43.6 Å². The molecule has 0 aliphatic carbocycles. The van der Waals surface area contributed by atoms with Gasteiger partial charge < -0.3 is 15.0 Å². The van der Waals surface area contributed by atoms with Crippen molar-refractivity contribution in [1.82, 2.24) is 10.2 Å². The molecule has 0 bridgehead atoms. The Balaban J connectivity index is 0.00000144. The summed E-state index contributed by atoms with van der Waals surface area (Å²) in [7, 11) is 1.60. The summed E-state index contributed by atoms with van der Waals surface area (Å²) in [5.74, 6) is 0.765. The molecule has 0 radical (unpaired) electrons. The third kappa shape index (κ3) is 3.12. The minimum absolute atomic E-state index is 0. The highest BCUT2D eigenvalue weighted by Gasteiger charge is 2.24. The second-order valence-electron chi connectivity index (χ2n) is 3.92. The number of amides is 1. The van der Waals surface area contributed by atoms with Gasteiger partial charge in [-0.1, -0.05) is 0 Å². The predicted octanol–water partition coefficient (Wildman–Crippen LogP) is 1.61. The van der Waals surface area contributed by atoms with Gasteiger partial charge in [0.2, 0.25) is 0 Å². The van der Waals surface area contributed by atoms with E-state index in [2.05, 4.69) is 12.2 Å². The van der Waals surface area contributed by atoms with E-state index >= 15 is 0 Å². The average Bonchev–Trinajstić information content (AvgIpc) is 2.76. The normalized spacial score (nSPS) is 19.6. The Kier molecular flexibility index (Phi) is 5.24. The molecule has 1 saturated heterocycles. The number of nitrogens with one attached hydrogen (secondary N) is 1. The molecule has 1 aromatic rings. The molecule has 0 spiro atoms. The summed E-state index contributed by atoms with van der Waals surface area (Å²) in [6, 6.07) is 2.20. The van der Waals surface area contributed by atoms with Gasteiger partial charge in [-0.3, -0.25) is 4.79 Å². The van der Waals surface area contributed by atoms with E-state index in [1.807, 2.05) is 16.3 Å². The molecule has 1 aliphatic rings. The molecule has 2 rings (SSSR count). The Hall–Kier alpha value is -0.780. The highest BCUT2D eigenvalue weighted by Crippen LogP contribution is 2.26. The van der Waals surface area contributed by atoms with Crippen LogP contribution in [0.1, 0.15) is 16.6 Å². The molecule has 1 atom stereocenters. The van der Waals surface area contributed by atoms with E-state index in [1.54, 1.807) is 7.11 Å². The number of ether oxygens (including phenoxy) is 1. The number of rotatable bonds is 2. The maximum atomic E-state index is 12.2. The van der Waals surface area contributed by atoms with Crippen LogP contribution in [0.3, 0.4) is 0 Å². The maximum Gasteiger partial charge on any atom is 0.267 e. The van der Waals surface area contributed by atoms with E-state index in [0.29, 0.717) is 16.7 Å². The SMILES string of the molecule is COc1ccsc1C(=O)N1CCN[C@@H](C)C1.Cl. The minimum atomic E-state index is 0. The van der Waals surface area contributed by atoms with Crippen LogP contribution in [0.25, 0.3) is 0 Å². The van der Waals surface area contributed by atoms with Crippen molar-refractivity contribution >= 4 is 29.7 Å². The summed E-state index contributed by atoms with van der Waals surface area (Å²) in [6.45, 7) is 4.48. The number of halogens is 1. The molecule has 0 unspecified atom stereocenters. The lowest BCUT2D eigenvalue weighted by Crippen LogP contribution is -2.51. The topological polar surface area (TPSA) is 41.6 Å². The lowest BCUT2D eigenvalue weighted by atomic mass is 10.2. The number of carbonyl (C=O) groups excluding carboxylic acids is 1. The van der Waals surface area contributed by atoms with Gasteiger partial charge in [0, 0.05) is 25.7 Å². The molecule has 96 valence electrons. The molecular weight excluding hydrogens is 260 g/mol. The van der Waals surface area contributed by atoms with E-state index in [9.17, 15) is 4.79 Å². The molecule has 1 N–H and O–H groups in total. The van der Waals surface area contributed by atoms with Crippen LogP contribution in [0.2, 0.25) is 0 Å². The molecule has 1 aromatic heterocycles. The highest BCUT2D eigenvalue weighted by atomic mass is 35.5. The van der Waals surface area contributed by atoms with Crippen molar-refractivity contribution in [3.05, 3.63) is 16.3 Å². The van der Waals surface area contributed by atoms with E-state index in [4.69, 9.17) is 4.74 Å². The van der Waals surface area contributed by atoms with Crippen molar-refractivity contribution in [2.24, 2.45) is 0 Å². The first kappa shape index (κ1) is 14.3. The zero-order valence-electron chi connectivity index (χ0n) is 9.93. The molecule has 0 aromatic carbocycles. The molecule has 1 amide bonds. The predicted molar refractivity (Wildman–Crippen MR) is 71.5 cm³/mol. The number of hydrogen-bond acceptors (Lipinski definition) is 4. The smallest absolute Gasteiger partial charge is 0.267 e. The molecule has 2 heterocycles. The van der Waals surface area contributed by atoms with Crippen LogP contribution in [0.15, 0.2) is 11.4 Å². The van der Waals surface area contributed by atoms with Gasteiger partial charge in [-0.05, 0) is 18.4 Å². The minimum Gasteiger partial charge on any atom is -0.495 e. The van der Waals surface area contributed by atoms with Gasteiger partial charge >= 0.3 is 0 Å². The monoisotopic (exact) mass is 276 g/mol. The number of hydrogen-bond donors (Lipinski definition) is 1. The fraction of sp³-hybridized carbons (Fsp3) is 0.545. The van der Waals surface area contributed by atoms with Gasteiger partial charge in [-0.15, -0.1) is 23.7 Å². The van der Waals surface area contributed by atoms with Crippen molar-refractivity contribution in [2.45, 2.75) is 13.0 Å². The lowest BCUT2D eigenvalue weighted by molar-refractivity contribution is 0.0711. The van der Waals surface area contributed by atoms with Crippen LogP contribution in [0.5, 0.6) is 5.75 Å². The Morgan fingerprint density at radius 1 is 1.65 bits per heavy atom. The van der Waals surface area contributed by atoms with Gasteiger partial charge in [0.05, 0.1) is 7.11 Å². The Bertz CT molecular complexity index is 383. The van der Waals surface area contributed by atoms with E-state index < -0.39 is 0 Å². The van der Waals surface area contributed by atoms with E-state index in [0.717, 1.165) is 19.6 Å². The Morgan fingerprint density at radius 3 is 3.06 bits per heavy atom. The van der Waals surface area contributed by atoms with E-state index in [1.165, 1.54) is 11.3 Å². The van der Waals surface area contributed by atoms with Crippen LogP contribution >= 0.6 is 23.7 Å². The number of carbonyl (C=O) groups is 1. The number of methoxy groups -OCH3 is 1. The first-order valence-corrected chi connectivity index (χ1v) is 6.24. The van der Waals surface area contributed by atoms with Crippen LogP contribution in [-0.2, 0) is 0 Å². The third-order valence-corrected chi connectivity index (χ3v) is 3.58. The average molecular weight is 277 g/mol. The quantitative estimate of drug-likeness (QED) is 0.892. The molecule has 1 aliphatic heterocycles. The van der Waals surface area contributed by atoms with Crippen LogP contribution < -0.4 is 10.1 Å². The third-order valence-electron chi connectivity index (χ3n) is 2.70. The molecule has 0 saturated carbocycles. The number of piperazine rings is 1. The fourth-order valence-corrected chi connectivity index (χ4v) is 2.70.